The number of thioether (sulfide) groups is 1. The minimum Gasteiger partial charge on any atom is -0.481 e. The Hall–Kier alpha value is -2.22. The average Bonchev–Trinajstić information content (AvgIpc) is 2.56. The third-order valence-corrected chi connectivity index (χ3v) is 5.23. The van der Waals surface area contributed by atoms with Crippen LogP contribution in [-0.2, 0) is 9.59 Å². The van der Waals surface area contributed by atoms with Gasteiger partial charge in [0, 0.05) is 23.1 Å². The summed E-state index contributed by atoms with van der Waals surface area (Å²) in [6.45, 7) is 0. The molecule has 0 atom stereocenters. The van der Waals surface area contributed by atoms with Crippen LogP contribution in [0.5, 0.6) is 0 Å². The fourth-order valence-electron chi connectivity index (χ4n) is 2.79. The maximum Gasteiger partial charge on any atom is 0.319 e. The zero-order valence-corrected chi connectivity index (χ0v) is 14.7. The van der Waals surface area contributed by atoms with Gasteiger partial charge in [-0.1, -0.05) is 12.1 Å². The first-order valence-electron chi connectivity index (χ1n) is 8.26. The van der Waals surface area contributed by atoms with E-state index >= 15 is 0 Å². The van der Waals surface area contributed by atoms with E-state index in [-0.39, 0.29) is 30.3 Å². The van der Waals surface area contributed by atoms with Gasteiger partial charge in [0.25, 0.3) is 0 Å². The van der Waals surface area contributed by atoms with Crippen molar-refractivity contribution in [1.29, 1.82) is 0 Å². The van der Waals surface area contributed by atoms with Gasteiger partial charge in [-0.2, -0.15) is 0 Å². The Morgan fingerprint density at radius 1 is 1.16 bits per heavy atom. The molecule has 3 amide bonds. The van der Waals surface area contributed by atoms with E-state index in [0.717, 1.165) is 4.90 Å². The van der Waals surface area contributed by atoms with Gasteiger partial charge in [0.2, 0.25) is 5.91 Å². The second kappa shape index (κ2) is 9.31. The Labute approximate surface area is 150 Å². The van der Waals surface area contributed by atoms with Crippen LogP contribution in [0.3, 0.4) is 0 Å². The molecule has 0 bridgehead atoms. The van der Waals surface area contributed by atoms with E-state index in [1.807, 2.05) is 18.2 Å². The molecule has 1 aromatic rings. The summed E-state index contributed by atoms with van der Waals surface area (Å²) in [6.07, 6.45) is 2.77. The predicted octanol–water partition coefficient (Wildman–Crippen LogP) is 2.42. The number of carbonyl (C=O) groups is 3. The van der Waals surface area contributed by atoms with E-state index in [2.05, 4.69) is 10.6 Å². The summed E-state index contributed by atoms with van der Waals surface area (Å²) in [5, 5.41) is 14.7. The third kappa shape index (κ3) is 6.30. The van der Waals surface area contributed by atoms with Gasteiger partial charge < -0.3 is 21.5 Å². The lowest BCUT2D eigenvalue weighted by Crippen LogP contribution is -2.41. The van der Waals surface area contributed by atoms with E-state index in [4.69, 9.17) is 10.8 Å². The maximum absolute atomic E-state index is 12.2. The van der Waals surface area contributed by atoms with Crippen LogP contribution in [0.4, 0.5) is 10.5 Å². The van der Waals surface area contributed by atoms with Crippen molar-refractivity contribution >= 4 is 35.4 Å². The lowest BCUT2D eigenvalue weighted by molar-refractivity contribution is -0.142. The highest BCUT2D eigenvalue weighted by Gasteiger charge is 2.26. The van der Waals surface area contributed by atoms with Crippen LogP contribution in [0.15, 0.2) is 29.2 Å². The SMILES string of the molecule is NC(=O)CCSc1ccccc1NC(=O)NC1CCC(C(=O)O)CC1. The Morgan fingerprint density at radius 2 is 1.84 bits per heavy atom. The number of primary amides is 1. The number of anilines is 1. The number of nitrogens with one attached hydrogen (secondary N) is 2. The number of amides is 3. The summed E-state index contributed by atoms with van der Waals surface area (Å²) in [6, 6.07) is 7.05. The van der Waals surface area contributed by atoms with Crippen LogP contribution in [0.2, 0.25) is 0 Å². The molecule has 5 N–H and O–H groups in total. The number of carbonyl (C=O) groups excluding carboxylic acids is 2. The molecule has 1 saturated carbocycles. The molecular weight excluding hydrogens is 342 g/mol. The van der Waals surface area contributed by atoms with Crippen molar-refractivity contribution in [2.24, 2.45) is 11.7 Å². The van der Waals surface area contributed by atoms with E-state index in [9.17, 15) is 14.4 Å². The predicted molar refractivity (Wildman–Crippen MR) is 96.5 cm³/mol. The molecule has 2 rings (SSSR count). The molecule has 8 heteroatoms. The second-order valence-electron chi connectivity index (χ2n) is 6.05. The van der Waals surface area contributed by atoms with Gasteiger partial charge in [-0.3, -0.25) is 9.59 Å². The number of urea groups is 1. The summed E-state index contributed by atoms with van der Waals surface area (Å²) in [4.78, 5) is 34.9. The molecule has 0 unspecified atom stereocenters. The standard InChI is InChI=1S/C17H23N3O4S/c18-15(21)9-10-25-14-4-2-1-3-13(14)20-17(24)19-12-7-5-11(6-8-12)16(22)23/h1-4,11-12H,5-10H2,(H2,18,21)(H,22,23)(H2,19,20,24). The zero-order valence-electron chi connectivity index (χ0n) is 13.9. The molecule has 1 aliphatic rings. The second-order valence-corrected chi connectivity index (χ2v) is 7.18. The van der Waals surface area contributed by atoms with Crippen molar-refractivity contribution in [2.75, 3.05) is 11.1 Å². The highest BCUT2D eigenvalue weighted by Crippen LogP contribution is 2.28. The van der Waals surface area contributed by atoms with Crippen LogP contribution >= 0.6 is 11.8 Å². The van der Waals surface area contributed by atoms with Crippen molar-refractivity contribution in [3.8, 4) is 0 Å². The van der Waals surface area contributed by atoms with Gasteiger partial charge in [-0.15, -0.1) is 11.8 Å². The van der Waals surface area contributed by atoms with Crippen molar-refractivity contribution in [2.45, 2.75) is 43.0 Å². The molecule has 25 heavy (non-hydrogen) atoms. The number of hydrogen-bond donors (Lipinski definition) is 4. The molecular formula is C17H23N3O4S. The smallest absolute Gasteiger partial charge is 0.319 e. The van der Waals surface area contributed by atoms with Crippen molar-refractivity contribution < 1.29 is 19.5 Å². The first kappa shape index (κ1) is 19.1. The molecule has 0 aliphatic heterocycles. The summed E-state index contributed by atoms with van der Waals surface area (Å²) >= 11 is 1.46. The third-order valence-electron chi connectivity index (χ3n) is 4.15. The number of para-hydroxylation sites is 1. The summed E-state index contributed by atoms with van der Waals surface area (Å²) in [5.41, 5.74) is 5.81. The zero-order chi connectivity index (χ0) is 18.2. The summed E-state index contributed by atoms with van der Waals surface area (Å²) in [7, 11) is 0. The monoisotopic (exact) mass is 365 g/mol. The molecule has 0 heterocycles. The van der Waals surface area contributed by atoms with Crippen LogP contribution < -0.4 is 16.4 Å². The van der Waals surface area contributed by atoms with Gasteiger partial charge >= 0.3 is 12.0 Å². The highest BCUT2D eigenvalue weighted by atomic mass is 32.2. The molecule has 136 valence electrons. The highest BCUT2D eigenvalue weighted by molar-refractivity contribution is 7.99. The number of carboxylic acid groups (broad SMARTS) is 1. The van der Waals surface area contributed by atoms with E-state index in [0.29, 0.717) is 37.1 Å². The molecule has 0 aromatic heterocycles. The van der Waals surface area contributed by atoms with E-state index < -0.39 is 5.97 Å². The summed E-state index contributed by atoms with van der Waals surface area (Å²) < 4.78 is 0. The van der Waals surface area contributed by atoms with Gasteiger partial charge in [-0.25, -0.2) is 4.79 Å². The van der Waals surface area contributed by atoms with Crippen LogP contribution in [0.25, 0.3) is 0 Å². The number of carboxylic acids is 1. The van der Waals surface area contributed by atoms with Crippen molar-refractivity contribution in [1.82, 2.24) is 5.32 Å². The van der Waals surface area contributed by atoms with E-state index in [1.165, 1.54) is 11.8 Å². The summed E-state index contributed by atoms with van der Waals surface area (Å²) in [5.74, 6) is -0.865. The van der Waals surface area contributed by atoms with Crippen LogP contribution in [0, 0.1) is 5.92 Å². The molecule has 0 saturated heterocycles. The molecule has 7 nitrogen and oxygen atoms in total. The average molecular weight is 365 g/mol. The first-order valence-corrected chi connectivity index (χ1v) is 9.24. The largest absolute Gasteiger partial charge is 0.481 e. The lowest BCUT2D eigenvalue weighted by atomic mass is 9.86. The lowest BCUT2D eigenvalue weighted by Gasteiger charge is -2.27. The first-order chi connectivity index (χ1) is 12.0. The Morgan fingerprint density at radius 3 is 2.48 bits per heavy atom. The Balaban J connectivity index is 1.84. The maximum atomic E-state index is 12.2. The fraction of sp³-hybridized carbons (Fsp3) is 0.471. The molecule has 0 radical (unpaired) electrons. The molecule has 0 spiro atoms. The molecule has 1 aromatic carbocycles. The number of aliphatic carboxylic acids is 1. The normalized spacial score (nSPS) is 19.8. The van der Waals surface area contributed by atoms with Crippen molar-refractivity contribution in [3.63, 3.8) is 0 Å². The topological polar surface area (TPSA) is 122 Å². The van der Waals surface area contributed by atoms with Gasteiger partial charge in [0.1, 0.15) is 0 Å². The Kier molecular flexibility index (Phi) is 7.12. The van der Waals surface area contributed by atoms with E-state index in [1.54, 1.807) is 6.07 Å². The quantitative estimate of drug-likeness (QED) is 0.553. The minimum atomic E-state index is -0.759. The van der Waals surface area contributed by atoms with Gasteiger partial charge in [-0.05, 0) is 37.8 Å². The fourth-order valence-corrected chi connectivity index (χ4v) is 3.76. The molecule has 1 aliphatic carbocycles. The minimum absolute atomic E-state index is 0.00900. The van der Waals surface area contributed by atoms with Gasteiger partial charge in [0.15, 0.2) is 0 Å². The van der Waals surface area contributed by atoms with Crippen LogP contribution in [-0.4, -0.2) is 34.8 Å². The number of hydrogen-bond acceptors (Lipinski definition) is 4. The number of benzene rings is 1. The van der Waals surface area contributed by atoms with Crippen LogP contribution in [0.1, 0.15) is 32.1 Å². The molecule has 1 fully saturated rings. The number of rotatable bonds is 7. The van der Waals surface area contributed by atoms with Gasteiger partial charge in [0.05, 0.1) is 11.6 Å². The Bertz CT molecular complexity index is 630. The van der Waals surface area contributed by atoms with Crippen molar-refractivity contribution in [3.05, 3.63) is 24.3 Å². The number of nitrogens with two attached hydrogens (primary N) is 1.